The first-order chi connectivity index (χ1) is 11.7. The Balaban J connectivity index is 1.89. The molecule has 1 amide bonds. The quantitative estimate of drug-likeness (QED) is 0.720. The number of hydrogen-bond acceptors (Lipinski definition) is 5. The van der Waals surface area contributed by atoms with Crippen molar-refractivity contribution in [3.05, 3.63) is 60.6 Å². The minimum atomic E-state index is -0.105. The number of aromatic nitrogens is 4. The highest BCUT2D eigenvalue weighted by atomic mass is 16.5. The summed E-state index contributed by atoms with van der Waals surface area (Å²) in [5.41, 5.74) is 2.07. The Morgan fingerprint density at radius 3 is 2.79 bits per heavy atom. The van der Waals surface area contributed by atoms with E-state index in [1.54, 1.807) is 53.5 Å². The van der Waals surface area contributed by atoms with Crippen LogP contribution < -0.4 is 9.64 Å². The number of nitrogens with zero attached hydrogens (tertiary/aromatic N) is 5. The van der Waals surface area contributed by atoms with Crippen molar-refractivity contribution in [3.8, 4) is 11.6 Å². The standard InChI is InChI=1S/C17H17N5O2/c1-3-21(15-7-8-16(24-2)18-12-15)17(23)13-5-4-6-14(11-13)22-10-9-19-20-22/h4-12H,3H2,1-2H3. The molecule has 7 nitrogen and oxygen atoms in total. The average molecular weight is 323 g/mol. The van der Waals surface area contributed by atoms with E-state index in [4.69, 9.17) is 4.74 Å². The highest BCUT2D eigenvalue weighted by molar-refractivity contribution is 6.06. The molecule has 0 aliphatic heterocycles. The number of hydrogen-bond donors (Lipinski definition) is 0. The molecule has 0 spiro atoms. The molecule has 122 valence electrons. The van der Waals surface area contributed by atoms with Crippen molar-refractivity contribution in [1.29, 1.82) is 0 Å². The van der Waals surface area contributed by atoms with Gasteiger partial charge in [-0.15, -0.1) is 5.10 Å². The van der Waals surface area contributed by atoms with Crippen LogP contribution in [0.2, 0.25) is 0 Å². The van der Waals surface area contributed by atoms with E-state index in [1.807, 2.05) is 25.1 Å². The van der Waals surface area contributed by atoms with E-state index in [1.165, 1.54) is 0 Å². The van der Waals surface area contributed by atoms with Crippen LogP contribution in [0.5, 0.6) is 5.88 Å². The van der Waals surface area contributed by atoms with E-state index in [0.29, 0.717) is 18.0 Å². The monoisotopic (exact) mass is 323 g/mol. The molecule has 0 N–H and O–H groups in total. The second-order valence-electron chi connectivity index (χ2n) is 5.01. The minimum Gasteiger partial charge on any atom is -0.481 e. The summed E-state index contributed by atoms with van der Waals surface area (Å²) in [5, 5.41) is 7.73. The van der Waals surface area contributed by atoms with E-state index in [9.17, 15) is 4.79 Å². The largest absolute Gasteiger partial charge is 0.481 e. The zero-order valence-electron chi connectivity index (χ0n) is 13.5. The van der Waals surface area contributed by atoms with Crippen LogP contribution in [0.3, 0.4) is 0 Å². The van der Waals surface area contributed by atoms with Gasteiger partial charge in [-0.05, 0) is 31.2 Å². The Labute approximate surface area is 139 Å². The van der Waals surface area contributed by atoms with E-state index >= 15 is 0 Å². The lowest BCUT2D eigenvalue weighted by Gasteiger charge is -2.21. The van der Waals surface area contributed by atoms with Crippen molar-refractivity contribution in [2.75, 3.05) is 18.6 Å². The van der Waals surface area contributed by atoms with Crippen LogP contribution in [0.25, 0.3) is 5.69 Å². The third-order valence-corrected chi connectivity index (χ3v) is 3.58. The third-order valence-electron chi connectivity index (χ3n) is 3.58. The van der Waals surface area contributed by atoms with Crippen molar-refractivity contribution in [3.63, 3.8) is 0 Å². The van der Waals surface area contributed by atoms with Crippen LogP contribution in [0.4, 0.5) is 5.69 Å². The van der Waals surface area contributed by atoms with Crippen molar-refractivity contribution < 1.29 is 9.53 Å². The molecule has 0 aliphatic rings. The number of ether oxygens (including phenoxy) is 1. The van der Waals surface area contributed by atoms with Gasteiger partial charge in [-0.1, -0.05) is 11.3 Å². The van der Waals surface area contributed by atoms with Crippen LogP contribution in [0.15, 0.2) is 55.0 Å². The van der Waals surface area contributed by atoms with Crippen molar-refractivity contribution >= 4 is 11.6 Å². The number of pyridine rings is 1. The van der Waals surface area contributed by atoms with Gasteiger partial charge in [-0.2, -0.15) is 0 Å². The second-order valence-corrected chi connectivity index (χ2v) is 5.01. The van der Waals surface area contributed by atoms with Gasteiger partial charge in [0.05, 0.1) is 37.1 Å². The molecule has 24 heavy (non-hydrogen) atoms. The Morgan fingerprint density at radius 1 is 1.29 bits per heavy atom. The summed E-state index contributed by atoms with van der Waals surface area (Å²) in [6, 6.07) is 10.8. The summed E-state index contributed by atoms with van der Waals surface area (Å²) in [5.74, 6) is 0.405. The van der Waals surface area contributed by atoms with Gasteiger partial charge in [0, 0.05) is 18.2 Å². The Morgan fingerprint density at radius 2 is 2.17 bits per heavy atom. The second kappa shape index (κ2) is 6.91. The van der Waals surface area contributed by atoms with E-state index in [0.717, 1.165) is 11.4 Å². The van der Waals surface area contributed by atoms with Gasteiger partial charge in [0.25, 0.3) is 5.91 Å². The zero-order chi connectivity index (χ0) is 16.9. The zero-order valence-corrected chi connectivity index (χ0v) is 13.5. The first-order valence-electron chi connectivity index (χ1n) is 7.51. The fourth-order valence-electron chi connectivity index (χ4n) is 2.38. The molecule has 1 aromatic carbocycles. The number of benzene rings is 1. The first-order valence-corrected chi connectivity index (χ1v) is 7.51. The van der Waals surface area contributed by atoms with Gasteiger partial charge in [-0.25, -0.2) is 9.67 Å². The molecule has 3 rings (SSSR count). The summed E-state index contributed by atoms with van der Waals surface area (Å²) in [7, 11) is 1.56. The predicted molar refractivity (Wildman–Crippen MR) is 89.5 cm³/mol. The van der Waals surface area contributed by atoms with Gasteiger partial charge in [0.2, 0.25) is 5.88 Å². The molecule has 0 unspecified atom stereocenters. The van der Waals surface area contributed by atoms with Crippen LogP contribution in [-0.4, -0.2) is 39.5 Å². The normalized spacial score (nSPS) is 10.4. The molecular formula is C17H17N5O2. The summed E-state index contributed by atoms with van der Waals surface area (Å²) in [4.78, 5) is 18.7. The molecule has 0 atom stereocenters. The lowest BCUT2D eigenvalue weighted by Crippen LogP contribution is -2.30. The van der Waals surface area contributed by atoms with E-state index < -0.39 is 0 Å². The predicted octanol–water partition coefficient (Wildman–Crippen LogP) is 2.34. The topological polar surface area (TPSA) is 73.1 Å². The summed E-state index contributed by atoms with van der Waals surface area (Å²) >= 11 is 0. The van der Waals surface area contributed by atoms with Crippen LogP contribution in [0.1, 0.15) is 17.3 Å². The number of amides is 1. The molecular weight excluding hydrogens is 306 g/mol. The third kappa shape index (κ3) is 3.10. The fraction of sp³-hybridized carbons (Fsp3) is 0.176. The highest BCUT2D eigenvalue weighted by Gasteiger charge is 2.17. The number of methoxy groups -OCH3 is 1. The summed E-state index contributed by atoms with van der Waals surface area (Å²) in [6.45, 7) is 2.45. The highest BCUT2D eigenvalue weighted by Crippen LogP contribution is 2.19. The van der Waals surface area contributed by atoms with Gasteiger partial charge in [-0.3, -0.25) is 4.79 Å². The molecule has 0 bridgehead atoms. The number of anilines is 1. The molecule has 2 aromatic heterocycles. The summed E-state index contributed by atoms with van der Waals surface area (Å²) in [6.07, 6.45) is 4.95. The maximum Gasteiger partial charge on any atom is 0.258 e. The number of rotatable bonds is 5. The number of carbonyl (C=O) groups is 1. The molecule has 0 radical (unpaired) electrons. The van der Waals surface area contributed by atoms with Gasteiger partial charge < -0.3 is 9.64 Å². The smallest absolute Gasteiger partial charge is 0.258 e. The molecule has 0 fully saturated rings. The Kier molecular flexibility index (Phi) is 4.51. The Bertz CT molecular complexity index is 815. The molecule has 2 heterocycles. The minimum absolute atomic E-state index is 0.105. The van der Waals surface area contributed by atoms with E-state index in [2.05, 4.69) is 15.3 Å². The van der Waals surface area contributed by atoms with Crippen LogP contribution in [-0.2, 0) is 0 Å². The van der Waals surface area contributed by atoms with E-state index in [-0.39, 0.29) is 5.91 Å². The lowest BCUT2D eigenvalue weighted by molar-refractivity contribution is 0.0988. The molecule has 0 saturated heterocycles. The van der Waals surface area contributed by atoms with Crippen LogP contribution in [0, 0.1) is 0 Å². The fourth-order valence-corrected chi connectivity index (χ4v) is 2.38. The molecule has 0 saturated carbocycles. The summed E-state index contributed by atoms with van der Waals surface area (Å²) < 4.78 is 6.67. The van der Waals surface area contributed by atoms with Crippen molar-refractivity contribution in [2.45, 2.75) is 6.92 Å². The van der Waals surface area contributed by atoms with Gasteiger partial charge >= 0.3 is 0 Å². The first kappa shape index (κ1) is 15.7. The Hall–Kier alpha value is -3.22. The molecule has 7 heteroatoms. The van der Waals surface area contributed by atoms with Crippen LogP contribution >= 0.6 is 0 Å². The van der Waals surface area contributed by atoms with Crippen molar-refractivity contribution in [2.24, 2.45) is 0 Å². The van der Waals surface area contributed by atoms with Gasteiger partial charge in [0.1, 0.15) is 0 Å². The maximum absolute atomic E-state index is 12.9. The molecule has 0 aliphatic carbocycles. The van der Waals surface area contributed by atoms with Gasteiger partial charge in [0.15, 0.2) is 0 Å². The SMILES string of the molecule is CCN(C(=O)c1cccc(-n2ccnn2)c1)c1ccc(OC)nc1. The number of carbonyl (C=O) groups excluding carboxylic acids is 1. The molecule has 3 aromatic rings. The maximum atomic E-state index is 12.9. The lowest BCUT2D eigenvalue weighted by atomic mass is 10.1. The van der Waals surface area contributed by atoms with Crippen molar-refractivity contribution in [1.82, 2.24) is 20.0 Å². The average Bonchev–Trinajstić information content (AvgIpc) is 3.18.